The number of piperidine rings is 1. The molecule has 2 saturated heterocycles. The van der Waals surface area contributed by atoms with Gasteiger partial charge in [0.15, 0.2) is 0 Å². The summed E-state index contributed by atoms with van der Waals surface area (Å²) in [4.78, 5) is 18.6. The van der Waals surface area contributed by atoms with E-state index in [0.29, 0.717) is 30.6 Å². The Labute approximate surface area is 230 Å². The number of nitrogens with one attached hydrogen (secondary N) is 1. The molecule has 1 amide bonds. The third-order valence-electron chi connectivity index (χ3n) is 7.54. The van der Waals surface area contributed by atoms with Crippen LogP contribution in [0, 0.1) is 0 Å². The van der Waals surface area contributed by atoms with Crippen LogP contribution in [-0.4, -0.2) is 62.9 Å². The minimum absolute atomic E-state index is 0.0998. The van der Waals surface area contributed by atoms with E-state index < -0.39 is 29.7 Å². The molecule has 6 rings (SSSR count). The highest BCUT2D eigenvalue weighted by Gasteiger charge is 2.60. The van der Waals surface area contributed by atoms with Crippen molar-refractivity contribution in [3.8, 4) is 34.0 Å². The first-order chi connectivity index (χ1) is 19.0. The fraction of sp³-hybridized carbons (Fsp3) is 0.448. The molecule has 40 heavy (non-hydrogen) atoms. The monoisotopic (exact) mass is 551 g/mol. The van der Waals surface area contributed by atoms with Gasteiger partial charge in [-0.15, -0.1) is 5.10 Å². The molecule has 3 aliphatic rings. The number of carbonyl (C=O) groups excluding carboxylic acids is 1. The van der Waals surface area contributed by atoms with Gasteiger partial charge in [-0.3, -0.25) is 4.90 Å². The van der Waals surface area contributed by atoms with E-state index in [1.807, 2.05) is 30.3 Å². The van der Waals surface area contributed by atoms with Crippen LogP contribution in [0.1, 0.15) is 45.6 Å². The number of halogens is 2. The highest BCUT2D eigenvalue weighted by Crippen LogP contribution is 2.47. The Morgan fingerprint density at radius 1 is 1.12 bits per heavy atom. The zero-order valence-electron chi connectivity index (χ0n) is 22.8. The molecule has 0 spiro atoms. The van der Waals surface area contributed by atoms with Crippen LogP contribution in [0.4, 0.5) is 19.4 Å². The summed E-state index contributed by atoms with van der Waals surface area (Å²) < 4.78 is 46.4. The van der Waals surface area contributed by atoms with Gasteiger partial charge in [0.05, 0.1) is 13.3 Å². The zero-order chi connectivity index (χ0) is 28.2. The van der Waals surface area contributed by atoms with E-state index >= 15 is 0 Å². The van der Waals surface area contributed by atoms with Crippen molar-refractivity contribution in [3.63, 3.8) is 0 Å². The predicted molar refractivity (Wildman–Crippen MR) is 143 cm³/mol. The molecule has 0 radical (unpaired) electrons. The summed E-state index contributed by atoms with van der Waals surface area (Å²) in [6, 6.07) is 9.58. The molecule has 11 heteroatoms. The molecule has 0 aliphatic carbocycles. The lowest BCUT2D eigenvalue weighted by molar-refractivity contribution is -0.0483. The van der Waals surface area contributed by atoms with Gasteiger partial charge in [0, 0.05) is 35.7 Å². The SMILES string of the molecule is COc1cc(-c2ccc3c(c2)COc2nc(NC4CC5CC(F)(F)C(C4)N5C(=O)OC(C)(C)C)ccc2-3)cnn1. The Hall–Kier alpha value is -4.02. The van der Waals surface area contributed by atoms with Crippen molar-refractivity contribution < 1.29 is 27.8 Å². The zero-order valence-corrected chi connectivity index (χ0v) is 22.8. The molecule has 3 aliphatic heterocycles. The molecule has 210 valence electrons. The maximum atomic E-state index is 14.9. The van der Waals surface area contributed by atoms with Crippen LogP contribution in [0.25, 0.3) is 22.3 Å². The molecule has 9 nitrogen and oxygen atoms in total. The largest absolute Gasteiger partial charge is 0.480 e. The maximum Gasteiger partial charge on any atom is 0.411 e. The molecular weight excluding hydrogens is 520 g/mol. The van der Waals surface area contributed by atoms with Crippen LogP contribution in [0.15, 0.2) is 42.6 Å². The average Bonchev–Trinajstić information content (AvgIpc) is 3.08. The number of hydrogen-bond donors (Lipinski definition) is 1. The Bertz CT molecular complexity index is 1460. The molecule has 0 saturated carbocycles. The Kier molecular flexibility index (Phi) is 6.27. The topological polar surface area (TPSA) is 98.7 Å². The van der Waals surface area contributed by atoms with Gasteiger partial charge in [-0.25, -0.2) is 13.6 Å². The van der Waals surface area contributed by atoms with E-state index in [4.69, 9.17) is 14.2 Å². The highest BCUT2D eigenvalue weighted by atomic mass is 19.3. The summed E-state index contributed by atoms with van der Waals surface area (Å²) in [5.74, 6) is -1.50. The number of amides is 1. The first-order valence-electron chi connectivity index (χ1n) is 13.3. The molecule has 2 fully saturated rings. The number of pyridine rings is 1. The standard InChI is InChI=1S/C29H31F2N5O4/c1-28(2,3)40-27(37)36-20-11-19(12-23(36)29(30,31)13-20)33-24-8-7-22-21-6-5-16(9-18(21)15-39-26(22)34-24)17-10-25(38-4)35-32-14-17/h5-10,14,19-20,23H,11-13,15H2,1-4H3,(H,33,34). The molecule has 1 N–H and O–H groups in total. The van der Waals surface area contributed by atoms with Gasteiger partial charge >= 0.3 is 6.09 Å². The minimum atomic E-state index is -2.97. The second-order valence-electron chi connectivity index (χ2n) is 11.5. The van der Waals surface area contributed by atoms with Crippen LogP contribution < -0.4 is 14.8 Å². The lowest BCUT2D eigenvalue weighted by atomic mass is 9.95. The van der Waals surface area contributed by atoms with Gasteiger partial charge < -0.3 is 19.5 Å². The molecule has 2 aromatic heterocycles. The summed E-state index contributed by atoms with van der Waals surface area (Å²) in [7, 11) is 1.55. The molecule has 5 heterocycles. The summed E-state index contributed by atoms with van der Waals surface area (Å²) in [6.07, 6.45) is 1.12. The number of hydrogen-bond acceptors (Lipinski definition) is 8. The van der Waals surface area contributed by atoms with E-state index in [2.05, 4.69) is 26.6 Å². The van der Waals surface area contributed by atoms with Gasteiger partial charge in [-0.1, -0.05) is 12.1 Å². The number of carbonyl (C=O) groups is 1. The quantitative estimate of drug-likeness (QED) is 0.441. The van der Waals surface area contributed by atoms with Gasteiger partial charge in [0.25, 0.3) is 5.92 Å². The molecular formula is C29H31F2N5O4. The van der Waals surface area contributed by atoms with Crippen molar-refractivity contribution in [2.45, 2.75) is 76.3 Å². The van der Waals surface area contributed by atoms with E-state index in [1.54, 1.807) is 34.1 Å². The number of benzene rings is 1. The number of alkyl halides is 2. The van der Waals surface area contributed by atoms with Crippen molar-refractivity contribution in [2.24, 2.45) is 0 Å². The summed E-state index contributed by atoms with van der Waals surface area (Å²) in [6.45, 7) is 5.54. The second-order valence-corrected chi connectivity index (χ2v) is 11.5. The molecule has 3 atom stereocenters. The van der Waals surface area contributed by atoms with Gasteiger partial charge in [-0.2, -0.15) is 10.1 Å². The number of aromatic nitrogens is 3. The second kappa shape index (κ2) is 9.57. The number of rotatable bonds is 4. The van der Waals surface area contributed by atoms with E-state index in [0.717, 1.165) is 27.8 Å². The fourth-order valence-corrected chi connectivity index (χ4v) is 5.84. The molecule has 1 aromatic carbocycles. The van der Waals surface area contributed by atoms with Crippen LogP contribution in [0.2, 0.25) is 0 Å². The van der Waals surface area contributed by atoms with E-state index in [1.165, 1.54) is 4.90 Å². The van der Waals surface area contributed by atoms with Gasteiger partial charge in [0.2, 0.25) is 11.8 Å². The van der Waals surface area contributed by atoms with Gasteiger partial charge in [-0.05, 0) is 68.5 Å². The number of nitrogens with zero attached hydrogens (tertiary/aromatic N) is 4. The van der Waals surface area contributed by atoms with Crippen molar-refractivity contribution in [2.75, 3.05) is 12.4 Å². The maximum absolute atomic E-state index is 14.9. The average molecular weight is 552 g/mol. The Balaban J connectivity index is 1.18. The fourth-order valence-electron chi connectivity index (χ4n) is 5.84. The highest BCUT2D eigenvalue weighted by molar-refractivity contribution is 5.78. The lowest BCUT2D eigenvalue weighted by Gasteiger charge is -2.39. The first kappa shape index (κ1) is 26.2. The smallest absolute Gasteiger partial charge is 0.411 e. The Morgan fingerprint density at radius 2 is 1.93 bits per heavy atom. The van der Waals surface area contributed by atoms with Crippen LogP contribution in [-0.2, 0) is 11.3 Å². The normalized spacial score (nSPS) is 22.6. The third-order valence-corrected chi connectivity index (χ3v) is 7.54. The third kappa shape index (κ3) is 4.89. The summed E-state index contributed by atoms with van der Waals surface area (Å²) >= 11 is 0. The van der Waals surface area contributed by atoms with Crippen molar-refractivity contribution in [3.05, 3.63) is 48.2 Å². The molecule has 3 unspecified atom stereocenters. The van der Waals surface area contributed by atoms with Crippen LogP contribution >= 0.6 is 0 Å². The Morgan fingerprint density at radius 3 is 2.67 bits per heavy atom. The van der Waals surface area contributed by atoms with E-state index in [9.17, 15) is 13.6 Å². The van der Waals surface area contributed by atoms with Crippen molar-refractivity contribution in [1.29, 1.82) is 0 Å². The van der Waals surface area contributed by atoms with Crippen LogP contribution in [0.3, 0.4) is 0 Å². The molecule has 2 bridgehead atoms. The lowest BCUT2D eigenvalue weighted by Crippen LogP contribution is -2.53. The number of fused-ring (bicyclic) bond motifs is 5. The predicted octanol–water partition coefficient (Wildman–Crippen LogP) is 5.69. The minimum Gasteiger partial charge on any atom is -0.480 e. The first-order valence-corrected chi connectivity index (χ1v) is 13.3. The summed E-state index contributed by atoms with van der Waals surface area (Å²) in [5, 5.41) is 11.2. The van der Waals surface area contributed by atoms with E-state index in [-0.39, 0.29) is 18.9 Å². The van der Waals surface area contributed by atoms with Crippen LogP contribution in [0.5, 0.6) is 11.8 Å². The summed E-state index contributed by atoms with van der Waals surface area (Å²) in [5.41, 5.74) is 3.98. The van der Waals surface area contributed by atoms with Crippen molar-refractivity contribution >= 4 is 11.9 Å². The number of ether oxygens (including phenoxy) is 3. The molecule has 3 aromatic rings. The number of anilines is 1. The van der Waals surface area contributed by atoms with Gasteiger partial charge in [0.1, 0.15) is 24.1 Å². The van der Waals surface area contributed by atoms with Crippen molar-refractivity contribution in [1.82, 2.24) is 20.1 Å². The number of methoxy groups -OCH3 is 1.